The maximum atomic E-state index is 10.4. The molecule has 2 N–H and O–H groups in total. The van der Waals surface area contributed by atoms with E-state index in [1.54, 1.807) is 0 Å². The van der Waals surface area contributed by atoms with Gasteiger partial charge >= 0.3 is 0 Å². The molecule has 2 unspecified atom stereocenters. The predicted octanol–water partition coefficient (Wildman–Crippen LogP) is 1.71. The Morgan fingerprint density at radius 3 is 2.14 bits per heavy atom. The minimum absolute atomic E-state index is 0. The minimum Gasteiger partial charge on any atom is -0.390 e. The molecule has 3 heteroatoms. The summed E-state index contributed by atoms with van der Waals surface area (Å²) >= 11 is 0. The number of hydrogen-bond donors (Lipinski definition) is 2. The zero-order chi connectivity index (χ0) is 9.10. The lowest BCUT2D eigenvalue weighted by Gasteiger charge is -2.60. The molecular formula is C11H20ClNO. The van der Waals surface area contributed by atoms with Gasteiger partial charge in [-0.2, -0.15) is 0 Å². The molecule has 2 nitrogen and oxygen atoms in total. The van der Waals surface area contributed by atoms with Crippen molar-refractivity contribution >= 4 is 12.4 Å². The normalized spacial score (nSPS) is 54.4. The third kappa shape index (κ3) is 1.39. The summed E-state index contributed by atoms with van der Waals surface area (Å²) in [6.07, 6.45) is 7.15. The highest BCUT2D eigenvalue weighted by Crippen LogP contribution is 2.57. The summed E-state index contributed by atoms with van der Waals surface area (Å²) in [6, 6.07) is 0. The average Bonchev–Trinajstić information content (AvgIpc) is 1.99. The monoisotopic (exact) mass is 217 g/mol. The van der Waals surface area contributed by atoms with E-state index < -0.39 is 0 Å². The molecule has 4 saturated carbocycles. The third-order valence-electron chi connectivity index (χ3n) is 4.56. The largest absolute Gasteiger partial charge is 0.390 e. The molecule has 4 rings (SSSR count). The molecule has 4 fully saturated rings. The van der Waals surface area contributed by atoms with E-state index in [1.807, 2.05) is 0 Å². The fraction of sp³-hybridized carbons (Fsp3) is 1.00. The molecule has 4 aliphatic carbocycles. The van der Waals surface area contributed by atoms with Crippen LogP contribution in [0, 0.1) is 11.8 Å². The molecule has 0 saturated heterocycles. The van der Waals surface area contributed by atoms with Gasteiger partial charge in [0.1, 0.15) is 0 Å². The van der Waals surface area contributed by atoms with Crippen LogP contribution in [0.4, 0.5) is 0 Å². The van der Waals surface area contributed by atoms with Crippen LogP contribution in [0.2, 0.25) is 0 Å². The maximum absolute atomic E-state index is 10.4. The number of nitrogens with one attached hydrogen (secondary N) is 1. The molecule has 0 radical (unpaired) electrons. The van der Waals surface area contributed by atoms with Crippen molar-refractivity contribution in [1.82, 2.24) is 5.32 Å². The highest BCUT2D eigenvalue weighted by atomic mass is 35.5. The maximum Gasteiger partial charge on any atom is 0.0670 e. The number of hydrogen-bond acceptors (Lipinski definition) is 2. The average molecular weight is 218 g/mol. The SMILES string of the molecule is CNC12CC3CC(CC(O)(C3)C1)C2.Cl. The van der Waals surface area contributed by atoms with Gasteiger partial charge in [-0.05, 0) is 57.4 Å². The molecule has 82 valence electrons. The van der Waals surface area contributed by atoms with Gasteiger partial charge in [0.15, 0.2) is 0 Å². The first-order chi connectivity index (χ1) is 6.13. The van der Waals surface area contributed by atoms with Gasteiger partial charge in [-0.15, -0.1) is 12.4 Å². The zero-order valence-electron chi connectivity index (χ0n) is 8.75. The molecule has 0 heterocycles. The second-order valence-corrected chi connectivity index (χ2v) is 5.72. The zero-order valence-corrected chi connectivity index (χ0v) is 9.57. The summed E-state index contributed by atoms with van der Waals surface area (Å²) in [4.78, 5) is 0. The van der Waals surface area contributed by atoms with E-state index in [0.717, 1.165) is 31.1 Å². The lowest BCUT2D eigenvalue weighted by molar-refractivity contribution is -0.140. The predicted molar refractivity (Wildman–Crippen MR) is 58.7 cm³/mol. The summed E-state index contributed by atoms with van der Waals surface area (Å²) in [7, 11) is 2.07. The van der Waals surface area contributed by atoms with E-state index in [0.29, 0.717) is 5.54 Å². The molecule has 14 heavy (non-hydrogen) atoms. The van der Waals surface area contributed by atoms with Gasteiger partial charge in [0.05, 0.1) is 5.60 Å². The van der Waals surface area contributed by atoms with Crippen LogP contribution in [0.3, 0.4) is 0 Å². The first-order valence-corrected chi connectivity index (χ1v) is 5.54. The smallest absolute Gasteiger partial charge is 0.0670 e. The van der Waals surface area contributed by atoms with Crippen LogP contribution in [-0.4, -0.2) is 23.3 Å². The van der Waals surface area contributed by atoms with Gasteiger partial charge in [0.2, 0.25) is 0 Å². The van der Waals surface area contributed by atoms with E-state index in [4.69, 9.17) is 0 Å². The van der Waals surface area contributed by atoms with E-state index in [-0.39, 0.29) is 18.0 Å². The molecule has 0 amide bonds. The quantitative estimate of drug-likeness (QED) is 0.701. The van der Waals surface area contributed by atoms with Gasteiger partial charge < -0.3 is 10.4 Å². The van der Waals surface area contributed by atoms with Crippen molar-refractivity contribution in [2.45, 2.75) is 49.7 Å². The van der Waals surface area contributed by atoms with E-state index in [9.17, 15) is 5.11 Å². The van der Waals surface area contributed by atoms with Crippen LogP contribution < -0.4 is 5.32 Å². The molecule has 0 aromatic rings. The molecule has 2 atom stereocenters. The van der Waals surface area contributed by atoms with Gasteiger partial charge in [0, 0.05) is 5.54 Å². The molecule has 4 bridgehead atoms. The Bertz CT molecular complexity index is 229. The van der Waals surface area contributed by atoms with E-state index in [1.165, 1.54) is 19.3 Å². The molecule has 0 spiro atoms. The Morgan fingerprint density at radius 2 is 1.71 bits per heavy atom. The molecular weight excluding hydrogens is 198 g/mol. The third-order valence-corrected chi connectivity index (χ3v) is 4.56. The first-order valence-electron chi connectivity index (χ1n) is 5.54. The molecule has 0 aliphatic heterocycles. The summed E-state index contributed by atoms with van der Waals surface area (Å²) in [5, 5.41) is 13.8. The molecule has 0 aromatic carbocycles. The number of halogens is 1. The van der Waals surface area contributed by atoms with Crippen molar-refractivity contribution < 1.29 is 5.11 Å². The van der Waals surface area contributed by atoms with Crippen LogP contribution >= 0.6 is 12.4 Å². The van der Waals surface area contributed by atoms with Gasteiger partial charge in [-0.1, -0.05) is 0 Å². The summed E-state index contributed by atoms with van der Waals surface area (Å²) in [5.41, 5.74) is 0.00588. The van der Waals surface area contributed by atoms with E-state index >= 15 is 0 Å². The Labute approximate surface area is 91.9 Å². The minimum atomic E-state index is -0.299. The van der Waals surface area contributed by atoms with Crippen molar-refractivity contribution in [3.8, 4) is 0 Å². The van der Waals surface area contributed by atoms with Crippen LogP contribution in [0.1, 0.15) is 38.5 Å². The Kier molecular flexibility index (Phi) is 2.37. The van der Waals surface area contributed by atoms with Gasteiger partial charge in [-0.25, -0.2) is 0 Å². The van der Waals surface area contributed by atoms with Crippen LogP contribution in [0.15, 0.2) is 0 Å². The highest BCUT2D eigenvalue weighted by Gasteiger charge is 2.56. The standard InChI is InChI=1S/C11H19NO.ClH/c1-12-10-3-8-2-9(4-10)6-11(13,5-8)7-10;/h8-9,12-13H,2-7H2,1H3;1H. The number of rotatable bonds is 1. The summed E-state index contributed by atoms with van der Waals surface area (Å²) in [5.74, 6) is 1.61. The van der Waals surface area contributed by atoms with Crippen molar-refractivity contribution in [3.05, 3.63) is 0 Å². The first kappa shape index (κ1) is 10.7. The second kappa shape index (κ2) is 3.10. The number of aliphatic hydroxyl groups is 1. The molecule has 4 aliphatic rings. The summed E-state index contributed by atoms with van der Waals surface area (Å²) in [6.45, 7) is 0. The fourth-order valence-corrected chi connectivity index (χ4v) is 4.51. The van der Waals surface area contributed by atoms with Crippen molar-refractivity contribution in [3.63, 3.8) is 0 Å². The van der Waals surface area contributed by atoms with E-state index in [2.05, 4.69) is 12.4 Å². The fourth-order valence-electron chi connectivity index (χ4n) is 4.51. The highest BCUT2D eigenvalue weighted by molar-refractivity contribution is 5.85. The Balaban J connectivity index is 0.000000750. The second-order valence-electron chi connectivity index (χ2n) is 5.72. The Hall–Kier alpha value is 0.210. The van der Waals surface area contributed by atoms with Gasteiger partial charge in [0.25, 0.3) is 0 Å². The Morgan fingerprint density at radius 1 is 1.14 bits per heavy atom. The molecule has 0 aromatic heterocycles. The topological polar surface area (TPSA) is 32.3 Å². The summed E-state index contributed by atoms with van der Waals surface area (Å²) < 4.78 is 0. The van der Waals surface area contributed by atoms with Crippen molar-refractivity contribution in [2.24, 2.45) is 11.8 Å². The van der Waals surface area contributed by atoms with Crippen LogP contribution in [0.5, 0.6) is 0 Å². The van der Waals surface area contributed by atoms with Crippen LogP contribution in [0.25, 0.3) is 0 Å². The van der Waals surface area contributed by atoms with Crippen molar-refractivity contribution in [1.29, 1.82) is 0 Å². The van der Waals surface area contributed by atoms with Crippen LogP contribution in [-0.2, 0) is 0 Å². The van der Waals surface area contributed by atoms with Crippen molar-refractivity contribution in [2.75, 3.05) is 7.05 Å². The van der Waals surface area contributed by atoms with Gasteiger partial charge in [-0.3, -0.25) is 0 Å². The lowest BCUT2D eigenvalue weighted by atomic mass is 9.51. The lowest BCUT2D eigenvalue weighted by Crippen LogP contribution is -2.63.